The van der Waals surface area contributed by atoms with Gasteiger partial charge in [-0.25, -0.2) is 0 Å². The average molecular weight is 632 g/mol. The molecule has 6 heteroatoms. The average Bonchev–Trinajstić information content (AvgIpc) is 1.39. The van der Waals surface area contributed by atoms with Crippen molar-refractivity contribution in [3.8, 4) is 0 Å². The van der Waals surface area contributed by atoms with E-state index in [0.29, 0.717) is 0 Å². The fraction of sp³-hybridized carbons (Fsp3) is 0. The van der Waals surface area contributed by atoms with Gasteiger partial charge in [0.25, 0.3) is 0 Å². The van der Waals surface area contributed by atoms with Crippen LogP contribution in [-0.2, 0) is 41.8 Å². The summed E-state index contributed by atoms with van der Waals surface area (Å²) in [6, 6.07) is 0. The van der Waals surface area contributed by atoms with E-state index in [2.05, 4.69) is 23.8 Å². The third-order valence-electron chi connectivity index (χ3n) is 0. The molecule has 0 aliphatic heterocycles. The Kier molecular flexibility index (Phi) is 31.9. The van der Waals surface area contributed by atoms with Crippen LogP contribution in [0.5, 0.6) is 0 Å². The summed E-state index contributed by atoms with van der Waals surface area (Å²) < 4.78 is 0. The van der Waals surface area contributed by atoms with Crippen LogP contribution in [-0.4, -0.2) is 0 Å². The van der Waals surface area contributed by atoms with Gasteiger partial charge < -0.3 is 0 Å². The molecule has 0 aromatic carbocycles. The van der Waals surface area contributed by atoms with Gasteiger partial charge >= 0.3 is 82.1 Å². The molecule has 0 atom stereocenters. The van der Waals surface area contributed by atoms with Crippen LogP contribution < -0.4 is 0 Å². The second-order valence-corrected chi connectivity index (χ2v) is 31.9. The minimum absolute atomic E-state index is 0.458. The van der Waals surface area contributed by atoms with Crippen molar-refractivity contribution in [1.82, 2.24) is 0 Å². The quantitative estimate of drug-likeness (QED) is 0.361. The van der Waals surface area contributed by atoms with Crippen LogP contribution in [0, 0.1) is 0 Å². The van der Waals surface area contributed by atoms with E-state index in [0.717, 1.165) is 0 Å². The second-order valence-electron chi connectivity index (χ2n) is 0.202. The molecule has 0 aromatic rings. The van der Waals surface area contributed by atoms with Crippen molar-refractivity contribution in [3.05, 3.63) is 0 Å². The molecule has 0 nitrogen and oxygen atoms in total. The molecule has 6 heavy (non-hydrogen) atoms. The number of rotatable bonds is 0. The van der Waals surface area contributed by atoms with Crippen LogP contribution in [0.4, 0.5) is 0 Å². The Balaban J connectivity index is 0. The maximum atomic E-state index is 4.99. The van der Waals surface area contributed by atoms with E-state index in [4.69, 9.17) is 16.5 Å². The molecule has 0 N–H and O–H groups in total. The molecule has 0 fully saturated rings. The number of hydrogen-bond donors (Lipinski definition) is 0. The van der Waals surface area contributed by atoms with Gasteiger partial charge in [-0.15, -0.1) is 0 Å². The van der Waals surface area contributed by atoms with Crippen molar-refractivity contribution in [2.45, 2.75) is 0 Å². The summed E-state index contributed by atoms with van der Waals surface area (Å²) in [6.07, 6.45) is 0. The van der Waals surface area contributed by atoms with Gasteiger partial charge in [-0.1, -0.05) is 0 Å². The Morgan fingerprint density at radius 1 is 1.17 bits per heavy atom. The standard InChI is InChI=1S/2BrH.2ClH.2Hg/h4*1H;;/q;;;;2*+2/p-4. The van der Waals surface area contributed by atoms with Crippen molar-refractivity contribution in [2.75, 3.05) is 0 Å². The first-order chi connectivity index (χ1) is 2.83. The summed E-state index contributed by atoms with van der Waals surface area (Å²) >= 11 is 4.97. The van der Waals surface area contributed by atoms with E-state index in [1.165, 1.54) is 0 Å². The Labute approximate surface area is 80.0 Å². The van der Waals surface area contributed by atoms with Crippen LogP contribution in [0.15, 0.2) is 0 Å². The van der Waals surface area contributed by atoms with Crippen LogP contribution in [0.3, 0.4) is 0 Å². The van der Waals surface area contributed by atoms with E-state index >= 15 is 0 Å². The molecule has 0 spiro atoms. The molecule has 0 saturated carbocycles. The summed E-state index contributed by atoms with van der Waals surface area (Å²) in [6.45, 7) is 0. The van der Waals surface area contributed by atoms with Gasteiger partial charge in [0.15, 0.2) is 0 Å². The molecular weight excluding hydrogens is 632 g/mol. The first-order valence-corrected chi connectivity index (χ1v) is 38.4. The molecule has 0 bridgehead atoms. The van der Waals surface area contributed by atoms with E-state index in [1.807, 2.05) is 0 Å². The molecule has 0 aromatic heterocycles. The van der Waals surface area contributed by atoms with Crippen molar-refractivity contribution < 1.29 is 41.8 Å². The SMILES string of the molecule is [Br][Hg][Br].[Cl][Hg][Cl]. The van der Waals surface area contributed by atoms with Crippen LogP contribution in [0.1, 0.15) is 0 Å². The second kappa shape index (κ2) is 15.8. The Morgan fingerprint density at radius 3 is 1.17 bits per heavy atom. The molecule has 0 aliphatic rings. The Morgan fingerprint density at radius 2 is 1.17 bits per heavy atom. The zero-order chi connectivity index (χ0) is 5.41. The Bertz CT molecular complexity index is 11.5. The number of halogens is 4. The van der Waals surface area contributed by atoms with Gasteiger partial charge in [0.05, 0.1) is 0 Å². The predicted molar refractivity (Wildman–Crippen MR) is 29.6 cm³/mol. The van der Waals surface area contributed by atoms with Crippen molar-refractivity contribution >= 4 is 40.3 Å². The fourth-order valence-corrected chi connectivity index (χ4v) is 0. The van der Waals surface area contributed by atoms with Gasteiger partial charge in [-0.3, -0.25) is 0 Å². The predicted octanol–water partition coefficient (Wildman–Crippen LogP) is 3.07. The normalized spacial score (nSPS) is 3.33. The zero-order valence-corrected chi connectivity index (χ0v) is 18.6. The summed E-state index contributed by atoms with van der Waals surface area (Å²) in [5.74, 6) is 0. The molecular formula is Br2Cl2Hg2. The topological polar surface area (TPSA) is 0 Å². The molecule has 0 heterocycles. The van der Waals surface area contributed by atoms with Crippen molar-refractivity contribution in [2.24, 2.45) is 0 Å². The van der Waals surface area contributed by atoms with Gasteiger partial charge in [0, 0.05) is 0 Å². The monoisotopic (exact) mass is 632 g/mol. The van der Waals surface area contributed by atoms with Gasteiger partial charge in [-0.2, -0.15) is 0 Å². The summed E-state index contributed by atoms with van der Waals surface area (Å²) in [7, 11) is 9.97. The van der Waals surface area contributed by atoms with Crippen LogP contribution in [0.25, 0.3) is 0 Å². The van der Waals surface area contributed by atoms with Crippen LogP contribution >= 0.6 is 40.3 Å². The van der Waals surface area contributed by atoms with Crippen LogP contribution in [0.2, 0.25) is 0 Å². The third-order valence-corrected chi connectivity index (χ3v) is 0. The molecule has 0 rings (SSSR count). The summed E-state index contributed by atoms with van der Waals surface area (Å²) in [5, 5.41) is 0. The maximum absolute atomic E-state index is 4.99. The van der Waals surface area contributed by atoms with Crippen molar-refractivity contribution in [3.63, 3.8) is 0 Å². The van der Waals surface area contributed by atoms with E-state index in [1.54, 1.807) is 0 Å². The van der Waals surface area contributed by atoms with Gasteiger partial charge in [-0.05, 0) is 0 Å². The molecule has 0 saturated heterocycles. The van der Waals surface area contributed by atoms with Gasteiger partial charge in [0.2, 0.25) is 0 Å². The molecule has 0 aliphatic carbocycles. The molecule has 32 valence electrons. The summed E-state index contributed by atoms with van der Waals surface area (Å²) in [5.41, 5.74) is 0. The first-order valence-electron chi connectivity index (χ1n) is 1.07. The van der Waals surface area contributed by atoms with Gasteiger partial charge in [0.1, 0.15) is 0 Å². The minimum atomic E-state index is -1.14. The Hall–Kier alpha value is 3.41. The molecule has 0 unspecified atom stereocenters. The summed E-state index contributed by atoms with van der Waals surface area (Å²) in [4.78, 5) is 0. The zero-order valence-electron chi connectivity index (χ0n) is 2.93. The fourth-order valence-electron chi connectivity index (χ4n) is 0. The van der Waals surface area contributed by atoms with E-state index in [-0.39, 0.29) is 0 Å². The first kappa shape index (κ1) is 12.1. The third kappa shape index (κ3) is 26.2. The molecule has 0 radical (unpaired) electrons. The van der Waals surface area contributed by atoms with E-state index < -0.39 is 41.8 Å². The van der Waals surface area contributed by atoms with Crippen molar-refractivity contribution in [1.29, 1.82) is 0 Å². The van der Waals surface area contributed by atoms with E-state index in [9.17, 15) is 0 Å². The number of hydrogen-bond acceptors (Lipinski definition) is 0. The molecule has 0 amide bonds.